The smallest absolute Gasteiger partial charge is 0.508 e. The third kappa shape index (κ3) is 2.68. The Morgan fingerprint density at radius 2 is 1.36 bits per heavy atom. The molecule has 118 valence electrons. The van der Waals surface area contributed by atoms with E-state index in [0.29, 0.717) is 5.46 Å². The highest BCUT2D eigenvalue weighted by Gasteiger charge is 2.51. The molecule has 0 saturated carbocycles. The number of phenolic OH excluding ortho intramolecular Hbond substituents is 1. The molecule has 1 aliphatic rings. The summed E-state index contributed by atoms with van der Waals surface area (Å²) in [6.45, 7) is 6.79. The van der Waals surface area contributed by atoms with Crippen LogP contribution in [0.5, 0.6) is 5.75 Å². The summed E-state index contributed by atoms with van der Waals surface area (Å²) in [5.74, 6) is -0.907. The van der Waals surface area contributed by atoms with Crippen LogP contribution < -0.4 is 5.46 Å². The third-order valence-electron chi connectivity index (χ3n) is 4.27. The molecule has 0 aromatic heterocycles. The first kappa shape index (κ1) is 16.4. The average Bonchev–Trinajstić information content (AvgIpc) is 2.45. The topological polar surface area (TPSA) is 76.1 Å². The summed E-state index contributed by atoms with van der Waals surface area (Å²) in [6, 6.07) is 5.98. The standard InChI is InChI=1S/C15H20BNO5/c1-14(2)12(19)21-16(10-6-8-11(18)9-7-10)22-13(20)15(3,4)17(14)5/h6-9,18H,1-5H3. The van der Waals surface area contributed by atoms with Gasteiger partial charge >= 0.3 is 19.1 Å². The molecule has 1 heterocycles. The zero-order chi connectivity index (χ0) is 16.7. The third-order valence-corrected chi connectivity index (χ3v) is 4.27. The first-order valence-electron chi connectivity index (χ1n) is 7.02. The van der Waals surface area contributed by atoms with Crippen molar-refractivity contribution in [1.82, 2.24) is 4.90 Å². The first-order valence-corrected chi connectivity index (χ1v) is 7.02. The minimum absolute atomic E-state index is 0.0765. The van der Waals surface area contributed by atoms with Gasteiger partial charge in [0.2, 0.25) is 0 Å². The van der Waals surface area contributed by atoms with Gasteiger partial charge in [0.1, 0.15) is 16.8 Å². The second-order valence-corrected chi connectivity index (χ2v) is 6.41. The molecule has 1 aromatic rings. The predicted molar refractivity (Wildman–Crippen MR) is 81.6 cm³/mol. The highest BCUT2D eigenvalue weighted by Crippen LogP contribution is 2.28. The number of carbonyl (C=O) groups excluding carboxylic acids is 2. The van der Waals surface area contributed by atoms with E-state index in [0.717, 1.165) is 0 Å². The lowest BCUT2D eigenvalue weighted by Crippen LogP contribution is -2.65. The van der Waals surface area contributed by atoms with Gasteiger partial charge in [0, 0.05) is 5.46 Å². The fourth-order valence-electron chi connectivity index (χ4n) is 2.25. The van der Waals surface area contributed by atoms with Crippen LogP contribution in [0.3, 0.4) is 0 Å². The zero-order valence-electron chi connectivity index (χ0n) is 13.4. The second-order valence-electron chi connectivity index (χ2n) is 6.41. The van der Waals surface area contributed by atoms with E-state index in [9.17, 15) is 14.7 Å². The van der Waals surface area contributed by atoms with Crippen molar-refractivity contribution in [2.45, 2.75) is 38.8 Å². The summed E-state index contributed by atoms with van der Waals surface area (Å²) >= 11 is 0. The number of rotatable bonds is 1. The number of aromatic hydroxyl groups is 1. The van der Waals surface area contributed by atoms with Crippen LogP contribution in [0.15, 0.2) is 24.3 Å². The molecule has 0 amide bonds. The lowest BCUT2D eigenvalue weighted by molar-refractivity contribution is -0.165. The van der Waals surface area contributed by atoms with E-state index >= 15 is 0 Å². The number of carbonyl (C=O) groups is 2. The number of benzene rings is 1. The van der Waals surface area contributed by atoms with Crippen LogP contribution in [0.4, 0.5) is 0 Å². The quantitative estimate of drug-likeness (QED) is 0.769. The van der Waals surface area contributed by atoms with Crippen LogP contribution in [-0.2, 0) is 18.9 Å². The van der Waals surface area contributed by atoms with Gasteiger partial charge in [0.05, 0.1) is 0 Å². The van der Waals surface area contributed by atoms with Crippen LogP contribution in [0.2, 0.25) is 0 Å². The molecule has 6 nitrogen and oxygen atoms in total. The Labute approximate surface area is 130 Å². The Morgan fingerprint density at radius 3 is 1.77 bits per heavy atom. The fourth-order valence-corrected chi connectivity index (χ4v) is 2.25. The van der Waals surface area contributed by atoms with Gasteiger partial charge in [-0.25, -0.2) is 0 Å². The highest BCUT2D eigenvalue weighted by molar-refractivity contribution is 6.64. The summed E-state index contributed by atoms with van der Waals surface area (Å²) in [5.41, 5.74) is -1.49. The van der Waals surface area contributed by atoms with Crippen molar-refractivity contribution in [1.29, 1.82) is 0 Å². The van der Waals surface area contributed by atoms with E-state index in [4.69, 9.17) is 9.31 Å². The largest absolute Gasteiger partial charge is 0.636 e. The van der Waals surface area contributed by atoms with Gasteiger partial charge in [-0.2, -0.15) is 0 Å². The van der Waals surface area contributed by atoms with Crippen LogP contribution in [0.1, 0.15) is 27.7 Å². The van der Waals surface area contributed by atoms with Gasteiger partial charge < -0.3 is 14.4 Å². The van der Waals surface area contributed by atoms with E-state index in [1.807, 2.05) is 0 Å². The van der Waals surface area contributed by atoms with Gasteiger partial charge in [0.15, 0.2) is 0 Å². The fraction of sp³-hybridized carbons (Fsp3) is 0.467. The molecular formula is C15H20BNO5. The van der Waals surface area contributed by atoms with Gasteiger partial charge in [0.25, 0.3) is 0 Å². The average molecular weight is 305 g/mol. The van der Waals surface area contributed by atoms with Crippen LogP contribution >= 0.6 is 0 Å². The molecule has 0 radical (unpaired) electrons. The molecule has 0 atom stereocenters. The molecule has 1 N–H and O–H groups in total. The Balaban J connectivity index is 2.42. The summed E-state index contributed by atoms with van der Waals surface area (Å²) < 4.78 is 10.7. The van der Waals surface area contributed by atoms with Crippen molar-refractivity contribution in [3.8, 4) is 5.75 Å². The lowest BCUT2D eigenvalue weighted by atomic mass is 9.77. The van der Waals surface area contributed by atoms with Crippen molar-refractivity contribution in [3.63, 3.8) is 0 Å². The molecule has 2 rings (SSSR count). The maximum atomic E-state index is 12.4. The molecule has 0 spiro atoms. The van der Waals surface area contributed by atoms with Crippen molar-refractivity contribution in [2.24, 2.45) is 0 Å². The minimum atomic E-state index is -1.13. The summed E-state index contributed by atoms with van der Waals surface area (Å²) in [6.07, 6.45) is 0. The lowest BCUT2D eigenvalue weighted by Gasteiger charge is -2.45. The summed E-state index contributed by atoms with van der Waals surface area (Å²) in [4.78, 5) is 26.5. The molecule has 0 aliphatic carbocycles. The van der Waals surface area contributed by atoms with Crippen LogP contribution in [0.25, 0.3) is 0 Å². The van der Waals surface area contributed by atoms with E-state index in [2.05, 4.69) is 0 Å². The Kier molecular flexibility index (Phi) is 3.95. The first-order chi connectivity index (χ1) is 10.1. The van der Waals surface area contributed by atoms with Crippen molar-refractivity contribution >= 4 is 24.5 Å². The normalized spacial score (nSPS) is 21.6. The molecule has 1 fully saturated rings. The van der Waals surface area contributed by atoms with Gasteiger partial charge in [-0.15, -0.1) is 0 Å². The molecule has 0 unspecified atom stereocenters. The molecule has 0 bridgehead atoms. The van der Waals surface area contributed by atoms with Gasteiger partial charge in [-0.1, -0.05) is 12.1 Å². The number of phenols is 1. The van der Waals surface area contributed by atoms with E-state index in [1.165, 1.54) is 12.1 Å². The molecular weight excluding hydrogens is 285 g/mol. The van der Waals surface area contributed by atoms with Crippen molar-refractivity contribution in [3.05, 3.63) is 24.3 Å². The second kappa shape index (κ2) is 5.32. The Hall–Kier alpha value is -2.02. The van der Waals surface area contributed by atoms with Gasteiger partial charge in [-0.3, -0.25) is 14.5 Å². The number of likely N-dealkylation sites (N-methyl/N-ethyl adjacent to an activating group) is 1. The Bertz CT molecular complexity index is 566. The monoisotopic (exact) mass is 305 g/mol. The molecule has 7 heteroatoms. The maximum absolute atomic E-state index is 12.4. The summed E-state index contributed by atoms with van der Waals surface area (Å²) in [5, 5.41) is 9.34. The van der Waals surface area contributed by atoms with E-state index in [-0.39, 0.29) is 5.75 Å². The van der Waals surface area contributed by atoms with Crippen LogP contribution in [0, 0.1) is 0 Å². The highest BCUT2D eigenvalue weighted by atomic mass is 16.6. The van der Waals surface area contributed by atoms with Gasteiger partial charge in [-0.05, 0) is 46.9 Å². The minimum Gasteiger partial charge on any atom is -0.508 e. The van der Waals surface area contributed by atoms with Crippen molar-refractivity contribution in [2.75, 3.05) is 7.05 Å². The SMILES string of the molecule is CN1C(C)(C)C(=O)OB(c2ccc(O)cc2)OC(=O)C1(C)C. The van der Waals surface area contributed by atoms with Crippen LogP contribution in [-0.4, -0.2) is 47.2 Å². The number of nitrogens with zero attached hydrogens (tertiary/aromatic N) is 1. The molecule has 1 aromatic carbocycles. The van der Waals surface area contributed by atoms with E-state index < -0.39 is 30.1 Å². The zero-order valence-corrected chi connectivity index (χ0v) is 13.4. The molecule has 1 aliphatic heterocycles. The van der Waals surface area contributed by atoms with Crippen molar-refractivity contribution < 1.29 is 24.0 Å². The maximum Gasteiger partial charge on any atom is 0.636 e. The number of hydrogen-bond donors (Lipinski definition) is 1. The predicted octanol–water partition coefficient (Wildman–Crippen LogP) is 0.676. The summed E-state index contributed by atoms with van der Waals surface area (Å²) in [7, 11) is 0.552. The molecule has 1 saturated heterocycles. The molecule has 22 heavy (non-hydrogen) atoms. The Morgan fingerprint density at radius 1 is 0.955 bits per heavy atom. The number of hydrogen-bond acceptors (Lipinski definition) is 6. The van der Waals surface area contributed by atoms with E-state index in [1.54, 1.807) is 51.8 Å².